The molecule has 0 bridgehead atoms. The number of benzene rings is 1. The summed E-state index contributed by atoms with van der Waals surface area (Å²) in [6.45, 7) is 3.19. The highest BCUT2D eigenvalue weighted by atomic mass is 16.7. The summed E-state index contributed by atoms with van der Waals surface area (Å²) >= 11 is 0. The molecule has 1 aromatic carbocycles. The van der Waals surface area contributed by atoms with Crippen molar-refractivity contribution in [3.63, 3.8) is 0 Å². The van der Waals surface area contributed by atoms with E-state index in [4.69, 9.17) is 18.6 Å². The van der Waals surface area contributed by atoms with Crippen LogP contribution in [-0.4, -0.2) is 19.2 Å². The van der Waals surface area contributed by atoms with E-state index in [-0.39, 0.29) is 19.3 Å². The van der Waals surface area contributed by atoms with Gasteiger partial charge in [-0.25, -0.2) is 0 Å². The van der Waals surface area contributed by atoms with Crippen LogP contribution in [0, 0.1) is 0 Å². The fraction of sp³-hybridized carbons (Fsp3) is 0.353. The van der Waals surface area contributed by atoms with Crippen molar-refractivity contribution < 1.29 is 23.4 Å². The largest absolute Gasteiger partial charge is 0.486 e. The molecule has 0 saturated carbocycles. The predicted octanol–water partition coefficient (Wildman–Crippen LogP) is 3.12. The van der Waals surface area contributed by atoms with Crippen molar-refractivity contribution in [2.45, 2.75) is 26.4 Å². The molecule has 0 fully saturated rings. The van der Waals surface area contributed by atoms with E-state index in [0.29, 0.717) is 35.3 Å². The van der Waals surface area contributed by atoms with Crippen LogP contribution in [0.15, 0.2) is 34.7 Å². The van der Waals surface area contributed by atoms with Crippen LogP contribution in [0.1, 0.15) is 36.1 Å². The molecule has 0 aliphatic carbocycles. The number of carbonyl (C=O) groups is 1. The first-order chi connectivity index (χ1) is 11.3. The molecule has 0 saturated heterocycles. The van der Waals surface area contributed by atoms with E-state index in [2.05, 4.69) is 12.2 Å². The van der Waals surface area contributed by atoms with Crippen molar-refractivity contribution in [2.75, 3.05) is 13.3 Å². The van der Waals surface area contributed by atoms with Gasteiger partial charge >= 0.3 is 0 Å². The van der Waals surface area contributed by atoms with E-state index in [1.165, 1.54) is 0 Å². The van der Waals surface area contributed by atoms with Gasteiger partial charge in [-0.3, -0.25) is 4.79 Å². The SMILES string of the molecule is CCCCNC(=O)c1ccc(COc2ccc3c(c2)OCO3)o1. The highest BCUT2D eigenvalue weighted by Gasteiger charge is 2.14. The van der Waals surface area contributed by atoms with Gasteiger partial charge in [0.25, 0.3) is 5.91 Å². The maximum absolute atomic E-state index is 11.9. The molecule has 6 nitrogen and oxygen atoms in total. The molecule has 3 rings (SSSR count). The Balaban J connectivity index is 1.54. The predicted molar refractivity (Wildman–Crippen MR) is 82.8 cm³/mol. The number of amides is 1. The highest BCUT2D eigenvalue weighted by molar-refractivity contribution is 5.91. The van der Waals surface area contributed by atoms with Gasteiger partial charge in [0, 0.05) is 12.6 Å². The van der Waals surface area contributed by atoms with Crippen LogP contribution in [0.2, 0.25) is 0 Å². The van der Waals surface area contributed by atoms with Crippen molar-refractivity contribution in [2.24, 2.45) is 0 Å². The van der Waals surface area contributed by atoms with Crippen molar-refractivity contribution >= 4 is 5.91 Å². The number of carbonyl (C=O) groups excluding carboxylic acids is 1. The van der Waals surface area contributed by atoms with Gasteiger partial charge in [-0.2, -0.15) is 0 Å². The van der Waals surface area contributed by atoms with Gasteiger partial charge in [-0.05, 0) is 30.7 Å². The summed E-state index contributed by atoms with van der Waals surface area (Å²) in [5, 5.41) is 2.81. The smallest absolute Gasteiger partial charge is 0.286 e. The second kappa shape index (κ2) is 7.09. The Labute approximate surface area is 134 Å². The molecule has 0 spiro atoms. The van der Waals surface area contributed by atoms with Gasteiger partial charge in [-0.15, -0.1) is 0 Å². The molecule has 6 heteroatoms. The topological polar surface area (TPSA) is 69.9 Å². The minimum atomic E-state index is -0.201. The number of fused-ring (bicyclic) bond motifs is 1. The zero-order valence-electron chi connectivity index (χ0n) is 13.0. The van der Waals surface area contributed by atoms with E-state index in [1.807, 2.05) is 0 Å². The fourth-order valence-electron chi connectivity index (χ4n) is 2.16. The summed E-state index contributed by atoms with van der Waals surface area (Å²) in [5.74, 6) is 2.71. The van der Waals surface area contributed by atoms with Gasteiger partial charge in [0.15, 0.2) is 17.3 Å². The lowest BCUT2D eigenvalue weighted by atomic mass is 10.3. The number of rotatable bonds is 7. The van der Waals surface area contributed by atoms with Crippen LogP contribution in [0.3, 0.4) is 0 Å². The summed E-state index contributed by atoms with van der Waals surface area (Å²) in [4.78, 5) is 11.9. The normalized spacial score (nSPS) is 12.2. The third-order valence-corrected chi connectivity index (χ3v) is 3.43. The van der Waals surface area contributed by atoms with E-state index in [1.54, 1.807) is 30.3 Å². The van der Waals surface area contributed by atoms with E-state index >= 15 is 0 Å². The number of nitrogens with one attached hydrogen (secondary N) is 1. The maximum atomic E-state index is 11.9. The molecule has 0 atom stereocenters. The molecule has 2 heterocycles. The molecule has 23 heavy (non-hydrogen) atoms. The van der Waals surface area contributed by atoms with Crippen LogP contribution in [-0.2, 0) is 6.61 Å². The molecule has 1 aromatic heterocycles. The summed E-state index contributed by atoms with van der Waals surface area (Å²) in [5.41, 5.74) is 0. The fourth-order valence-corrected chi connectivity index (χ4v) is 2.16. The Bertz CT molecular complexity index is 679. The number of hydrogen-bond acceptors (Lipinski definition) is 5. The van der Waals surface area contributed by atoms with Crippen molar-refractivity contribution in [3.8, 4) is 17.2 Å². The minimum absolute atomic E-state index is 0.201. The van der Waals surface area contributed by atoms with Crippen LogP contribution in [0.25, 0.3) is 0 Å². The Morgan fingerprint density at radius 3 is 2.96 bits per heavy atom. The minimum Gasteiger partial charge on any atom is -0.486 e. The summed E-state index contributed by atoms with van der Waals surface area (Å²) in [6.07, 6.45) is 1.99. The van der Waals surface area contributed by atoms with Gasteiger partial charge in [0.2, 0.25) is 6.79 Å². The van der Waals surface area contributed by atoms with Gasteiger partial charge in [0.05, 0.1) is 0 Å². The van der Waals surface area contributed by atoms with Crippen LogP contribution < -0.4 is 19.5 Å². The molecule has 0 unspecified atom stereocenters. The second-order valence-corrected chi connectivity index (χ2v) is 5.18. The molecule has 1 amide bonds. The standard InChI is InChI=1S/C17H19NO5/c1-2-3-8-18-17(19)15-7-5-13(23-15)10-20-12-4-6-14-16(9-12)22-11-21-14/h4-7,9H,2-3,8,10-11H2,1H3,(H,18,19). The third kappa shape index (κ3) is 3.77. The molecule has 0 radical (unpaired) electrons. The molecule has 1 aliphatic rings. The Kier molecular flexibility index (Phi) is 4.71. The summed E-state index contributed by atoms with van der Waals surface area (Å²) < 4.78 is 21.7. The number of furan rings is 1. The molecular formula is C17H19NO5. The molecule has 122 valence electrons. The van der Waals surface area contributed by atoms with Crippen LogP contribution >= 0.6 is 0 Å². The molecular weight excluding hydrogens is 298 g/mol. The van der Waals surface area contributed by atoms with Gasteiger partial charge in [-0.1, -0.05) is 13.3 Å². The van der Waals surface area contributed by atoms with E-state index < -0.39 is 0 Å². The van der Waals surface area contributed by atoms with E-state index in [9.17, 15) is 4.79 Å². The van der Waals surface area contributed by atoms with E-state index in [0.717, 1.165) is 12.8 Å². The van der Waals surface area contributed by atoms with Crippen LogP contribution in [0.5, 0.6) is 17.2 Å². The zero-order chi connectivity index (χ0) is 16.1. The first kappa shape index (κ1) is 15.3. The second-order valence-electron chi connectivity index (χ2n) is 5.18. The summed E-state index contributed by atoms with van der Waals surface area (Å²) in [7, 11) is 0. The average molecular weight is 317 g/mol. The van der Waals surface area contributed by atoms with Gasteiger partial charge < -0.3 is 23.9 Å². The van der Waals surface area contributed by atoms with Gasteiger partial charge in [0.1, 0.15) is 18.1 Å². The Morgan fingerprint density at radius 1 is 1.22 bits per heavy atom. The highest BCUT2D eigenvalue weighted by Crippen LogP contribution is 2.35. The molecule has 1 aliphatic heterocycles. The monoisotopic (exact) mass is 317 g/mol. The average Bonchev–Trinajstić information content (AvgIpc) is 3.21. The zero-order valence-corrected chi connectivity index (χ0v) is 13.0. The lowest BCUT2D eigenvalue weighted by molar-refractivity contribution is 0.0921. The third-order valence-electron chi connectivity index (χ3n) is 3.43. The lowest BCUT2D eigenvalue weighted by Gasteiger charge is -2.05. The van der Waals surface area contributed by atoms with Crippen LogP contribution in [0.4, 0.5) is 0 Å². The Morgan fingerprint density at radius 2 is 2.09 bits per heavy atom. The summed E-state index contributed by atoms with van der Waals surface area (Å²) in [6, 6.07) is 8.76. The van der Waals surface area contributed by atoms with Crippen molar-refractivity contribution in [3.05, 3.63) is 41.9 Å². The molecule has 1 N–H and O–H groups in total. The number of ether oxygens (including phenoxy) is 3. The maximum Gasteiger partial charge on any atom is 0.286 e. The lowest BCUT2D eigenvalue weighted by Crippen LogP contribution is -2.23. The number of hydrogen-bond donors (Lipinski definition) is 1. The van der Waals surface area contributed by atoms with Crippen molar-refractivity contribution in [1.82, 2.24) is 5.32 Å². The molecule has 2 aromatic rings. The Hall–Kier alpha value is -2.63. The quantitative estimate of drug-likeness (QED) is 0.795. The van der Waals surface area contributed by atoms with Crippen molar-refractivity contribution in [1.29, 1.82) is 0 Å². The first-order valence-corrected chi connectivity index (χ1v) is 7.65. The number of unbranched alkanes of at least 4 members (excludes halogenated alkanes) is 1. The first-order valence-electron chi connectivity index (χ1n) is 7.65.